The Morgan fingerprint density at radius 1 is 1.14 bits per heavy atom. The lowest BCUT2D eigenvalue weighted by Crippen LogP contribution is -2.49. The van der Waals surface area contributed by atoms with Gasteiger partial charge in [-0.05, 0) is 12.2 Å². The Bertz CT molecular complexity index is 224. The molecule has 0 aromatic carbocycles. The Hall–Kier alpha value is -1.59. The van der Waals surface area contributed by atoms with Gasteiger partial charge < -0.3 is 20.8 Å². The molecule has 0 radical (unpaired) electrons. The normalized spacial score (nSPS) is 13.6. The number of carbonyl (C=O) groups is 1. The van der Waals surface area contributed by atoms with Crippen LogP contribution in [-0.4, -0.2) is 28.6 Å². The molecule has 2 unspecified atom stereocenters. The van der Waals surface area contributed by atoms with Crippen molar-refractivity contribution in [1.82, 2.24) is 10.6 Å². The first-order chi connectivity index (χ1) is 6.51. The van der Waals surface area contributed by atoms with Crippen molar-refractivity contribution in [2.24, 2.45) is 0 Å². The van der Waals surface area contributed by atoms with Gasteiger partial charge in [0.2, 0.25) is 5.91 Å². The second-order valence-corrected chi connectivity index (χ2v) is 2.48. The predicted molar refractivity (Wildman–Crippen MR) is 52.8 cm³/mol. The molecule has 0 saturated heterocycles. The summed E-state index contributed by atoms with van der Waals surface area (Å²) in [7, 11) is 0. The zero-order valence-corrected chi connectivity index (χ0v) is 7.73. The molecule has 0 fully saturated rings. The van der Waals surface area contributed by atoms with Crippen LogP contribution in [0.25, 0.3) is 0 Å². The van der Waals surface area contributed by atoms with Gasteiger partial charge in [0, 0.05) is 5.70 Å². The second-order valence-electron chi connectivity index (χ2n) is 2.48. The fraction of sp³-hybridized carbons (Fsp3) is 0.222. The van der Waals surface area contributed by atoms with E-state index in [1.165, 1.54) is 6.08 Å². The number of rotatable bonds is 6. The number of aliphatic hydroxyl groups is 2. The fourth-order valence-electron chi connectivity index (χ4n) is 0.611. The zero-order chi connectivity index (χ0) is 11.1. The summed E-state index contributed by atoms with van der Waals surface area (Å²) in [5.74, 6) is -0.581. The van der Waals surface area contributed by atoms with Gasteiger partial charge in [-0.2, -0.15) is 0 Å². The SMILES string of the molecule is C=CC(=C)NC(O)C(O)NC(=O)C=C. The van der Waals surface area contributed by atoms with Crippen LogP contribution in [-0.2, 0) is 4.79 Å². The van der Waals surface area contributed by atoms with E-state index in [0.717, 1.165) is 6.08 Å². The number of nitrogens with one attached hydrogen (secondary N) is 2. The summed E-state index contributed by atoms with van der Waals surface area (Å²) in [5.41, 5.74) is 0.337. The van der Waals surface area contributed by atoms with Gasteiger partial charge in [-0.25, -0.2) is 0 Å². The van der Waals surface area contributed by atoms with Crippen molar-refractivity contribution in [3.05, 3.63) is 37.6 Å². The maximum Gasteiger partial charge on any atom is 0.245 e. The zero-order valence-electron chi connectivity index (χ0n) is 7.73. The maximum absolute atomic E-state index is 10.7. The highest BCUT2D eigenvalue weighted by atomic mass is 16.4. The highest BCUT2D eigenvalue weighted by Gasteiger charge is 2.16. The minimum absolute atomic E-state index is 0.337. The van der Waals surface area contributed by atoms with Crippen molar-refractivity contribution in [3.8, 4) is 0 Å². The third kappa shape index (κ3) is 4.44. The number of hydrogen-bond donors (Lipinski definition) is 4. The Balaban J connectivity index is 4.04. The summed E-state index contributed by atoms with van der Waals surface area (Å²) in [4.78, 5) is 10.7. The Morgan fingerprint density at radius 2 is 1.64 bits per heavy atom. The molecule has 0 spiro atoms. The molecule has 0 heterocycles. The quantitative estimate of drug-likeness (QED) is 0.256. The van der Waals surface area contributed by atoms with E-state index in [4.69, 9.17) is 0 Å². The standard InChI is InChI=1S/C9H14N2O3/c1-4-6(3)10-8(13)9(14)11-7(12)5-2/h4-5,8-10,13-14H,1-3H2,(H,11,12). The lowest BCUT2D eigenvalue weighted by Gasteiger charge is -2.20. The summed E-state index contributed by atoms with van der Waals surface area (Å²) < 4.78 is 0. The molecular weight excluding hydrogens is 184 g/mol. The van der Waals surface area contributed by atoms with Crippen molar-refractivity contribution < 1.29 is 15.0 Å². The van der Waals surface area contributed by atoms with Crippen molar-refractivity contribution in [2.75, 3.05) is 0 Å². The van der Waals surface area contributed by atoms with E-state index in [1.54, 1.807) is 0 Å². The van der Waals surface area contributed by atoms with E-state index in [9.17, 15) is 15.0 Å². The summed E-state index contributed by atoms with van der Waals surface area (Å²) in [6, 6.07) is 0. The average molecular weight is 198 g/mol. The molecule has 0 aromatic rings. The average Bonchev–Trinajstić information content (AvgIpc) is 2.17. The topological polar surface area (TPSA) is 81.6 Å². The van der Waals surface area contributed by atoms with Crippen molar-refractivity contribution in [2.45, 2.75) is 12.5 Å². The van der Waals surface area contributed by atoms with Gasteiger partial charge in [0.25, 0.3) is 0 Å². The first kappa shape index (κ1) is 12.4. The van der Waals surface area contributed by atoms with Gasteiger partial charge in [0.1, 0.15) is 0 Å². The van der Waals surface area contributed by atoms with Gasteiger partial charge in [0.15, 0.2) is 12.5 Å². The summed E-state index contributed by atoms with van der Waals surface area (Å²) in [6.07, 6.45) is -0.426. The van der Waals surface area contributed by atoms with Gasteiger partial charge in [-0.3, -0.25) is 4.79 Å². The Labute approximate surface area is 82.4 Å². The van der Waals surface area contributed by atoms with Crippen LogP contribution >= 0.6 is 0 Å². The highest BCUT2D eigenvalue weighted by Crippen LogP contribution is 1.91. The third-order valence-electron chi connectivity index (χ3n) is 1.35. The van der Waals surface area contributed by atoms with Crippen LogP contribution in [0, 0.1) is 0 Å². The van der Waals surface area contributed by atoms with E-state index < -0.39 is 18.4 Å². The van der Waals surface area contributed by atoms with Crippen molar-refractivity contribution >= 4 is 5.91 Å². The predicted octanol–water partition coefficient (Wildman–Crippen LogP) is -0.785. The molecule has 0 aliphatic rings. The van der Waals surface area contributed by atoms with Crippen LogP contribution in [0.2, 0.25) is 0 Å². The molecule has 78 valence electrons. The van der Waals surface area contributed by atoms with E-state index >= 15 is 0 Å². The van der Waals surface area contributed by atoms with Gasteiger partial charge in [0.05, 0.1) is 0 Å². The van der Waals surface area contributed by atoms with Crippen LogP contribution in [0.15, 0.2) is 37.6 Å². The smallest absolute Gasteiger partial charge is 0.245 e. The van der Waals surface area contributed by atoms with E-state index in [-0.39, 0.29) is 0 Å². The number of aliphatic hydroxyl groups excluding tert-OH is 2. The number of allylic oxidation sites excluding steroid dienone is 1. The first-order valence-electron chi connectivity index (χ1n) is 3.88. The molecule has 1 amide bonds. The largest absolute Gasteiger partial charge is 0.369 e. The van der Waals surface area contributed by atoms with Crippen molar-refractivity contribution in [1.29, 1.82) is 0 Å². The summed E-state index contributed by atoms with van der Waals surface area (Å²) in [5, 5.41) is 22.9. The Kier molecular flexibility index (Phi) is 5.28. The monoisotopic (exact) mass is 198 g/mol. The van der Waals surface area contributed by atoms with Crippen LogP contribution in [0.1, 0.15) is 0 Å². The van der Waals surface area contributed by atoms with Crippen LogP contribution < -0.4 is 10.6 Å². The lowest BCUT2D eigenvalue weighted by atomic mass is 10.4. The molecule has 0 aromatic heterocycles. The molecule has 4 N–H and O–H groups in total. The maximum atomic E-state index is 10.7. The molecule has 0 aliphatic heterocycles. The number of hydrogen-bond acceptors (Lipinski definition) is 4. The molecule has 14 heavy (non-hydrogen) atoms. The molecule has 5 nitrogen and oxygen atoms in total. The van der Waals surface area contributed by atoms with Gasteiger partial charge >= 0.3 is 0 Å². The van der Waals surface area contributed by atoms with Crippen LogP contribution in [0.3, 0.4) is 0 Å². The molecule has 0 rings (SSSR count). The molecule has 5 heteroatoms. The molecule has 2 atom stereocenters. The van der Waals surface area contributed by atoms with E-state index in [0.29, 0.717) is 5.70 Å². The molecule has 0 bridgehead atoms. The molecular formula is C9H14N2O3. The van der Waals surface area contributed by atoms with Crippen LogP contribution in [0.4, 0.5) is 0 Å². The summed E-state index contributed by atoms with van der Waals surface area (Å²) in [6.45, 7) is 10.0. The lowest BCUT2D eigenvalue weighted by molar-refractivity contribution is -0.122. The minimum atomic E-state index is -1.43. The number of carbonyl (C=O) groups excluding carboxylic acids is 1. The second kappa shape index (κ2) is 5.95. The highest BCUT2D eigenvalue weighted by molar-refractivity contribution is 5.86. The van der Waals surface area contributed by atoms with E-state index in [2.05, 4.69) is 30.4 Å². The molecule has 0 saturated carbocycles. The number of amides is 1. The van der Waals surface area contributed by atoms with Gasteiger partial charge in [-0.15, -0.1) is 0 Å². The van der Waals surface area contributed by atoms with Crippen molar-refractivity contribution in [3.63, 3.8) is 0 Å². The molecule has 0 aliphatic carbocycles. The third-order valence-corrected chi connectivity index (χ3v) is 1.35. The minimum Gasteiger partial charge on any atom is -0.369 e. The summed E-state index contributed by atoms with van der Waals surface area (Å²) >= 11 is 0. The fourth-order valence-corrected chi connectivity index (χ4v) is 0.611. The van der Waals surface area contributed by atoms with Gasteiger partial charge in [-0.1, -0.05) is 19.7 Å². The van der Waals surface area contributed by atoms with E-state index in [1.807, 2.05) is 0 Å². The first-order valence-corrected chi connectivity index (χ1v) is 3.88. The Morgan fingerprint density at radius 3 is 2.07 bits per heavy atom. The van der Waals surface area contributed by atoms with Crippen LogP contribution in [0.5, 0.6) is 0 Å².